The van der Waals surface area contributed by atoms with E-state index in [4.69, 9.17) is 0 Å². The lowest BCUT2D eigenvalue weighted by molar-refractivity contribution is -0.129. The number of hydrogen-bond donors (Lipinski definition) is 0. The van der Waals surface area contributed by atoms with Crippen molar-refractivity contribution in [3.05, 3.63) is 60.2 Å². The van der Waals surface area contributed by atoms with E-state index >= 15 is 0 Å². The van der Waals surface area contributed by atoms with Gasteiger partial charge in [0.2, 0.25) is 5.91 Å². The number of benzene rings is 2. The Morgan fingerprint density at radius 2 is 1.96 bits per heavy atom. The average Bonchev–Trinajstić information content (AvgIpc) is 2.69. The summed E-state index contributed by atoms with van der Waals surface area (Å²) in [6.07, 6.45) is 2.01. The van der Waals surface area contributed by atoms with Gasteiger partial charge in [0.25, 0.3) is 0 Å². The van der Waals surface area contributed by atoms with Gasteiger partial charge in [-0.25, -0.2) is 8.78 Å². The van der Waals surface area contributed by atoms with Crippen LogP contribution in [0.3, 0.4) is 0 Å². The minimum atomic E-state index is -0.887. The van der Waals surface area contributed by atoms with Gasteiger partial charge in [-0.3, -0.25) is 4.79 Å². The highest BCUT2D eigenvalue weighted by Crippen LogP contribution is 2.24. The third-order valence-corrected chi connectivity index (χ3v) is 5.69. The number of piperidine rings is 1. The zero-order valence-electron chi connectivity index (χ0n) is 14.7. The SMILES string of the molecule is CN(C(=O)CSc1ccc(F)c(F)c1)[C@@H]1CCCN(c2ccccc2)C1. The Labute approximate surface area is 157 Å². The molecule has 0 spiro atoms. The molecule has 138 valence electrons. The molecule has 0 bridgehead atoms. The van der Waals surface area contributed by atoms with Gasteiger partial charge in [0.05, 0.1) is 5.75 Å². The Balaban J connectivity index is 1.56. The average molecular weight is 376 g/mol. The van der Waals surface area contributed by atoms with Crippen molar-refractivity contribution >= 4 is 23.4 Å². The van der Waals surface area contributed by atoms with Gasteiger partial charge in [-0.15, -0.1) is 11.8 Å². The third kappa shape index (κ3) is 4.55. The second-order valence-electron chi connectivity index (χ2n) is 6.45. The van der Waals surface area contributed by atoms with Crippen molar-refractivity contribution in [1.29, 1.82) is 0 Å². The molecule has 0 N–H and O–H groups in total. The molecule has 0 aromatic heterocycles. The fraction of sp³-hybridized carbons (Fsp3) is 0.350. The molecule has 1 amide bonds. The third-order valence-electron chi connectivity index (χ3n) is 4.71. The minimum Gasteiger partial charge on any atom is -0.369 e. The van der Waals surface area contributed by atoms with Crippen LogP contribution in [-0.2, 0) is 4.79 Å². The Morgan fingerprint density at radius 3 is 2.69 bits per heavy atom. The van der Waals surface area contributed by atoms with Crippen LogP contribution in [0.2, 0.25) is 0 Å². The molecule has 2 aromatic carbocycles. The van der Waals surface area contributed by atoms with E-state index in [1.807, 2.05) is 25.2 Å². The van der Waals surface area contributed by atoms with Gasteiger partial charge in [-0.1, -0.05) is 18.2 Å². The number of carbonyl (C=O) groups excluding carboxylic acids is 1. The van der Waals surface area contributed by atoms with E-state index in [0.717, 1.165) is 38.1 Å². The highest BCUT2D eigenvalue weighted by atomic mass is 32.2. The zero-order valence-corrected chi connectivity index (χ0v) is 15.5. The van der Waals surface area contributed by atoms with E-state index in [-0.39, 0.29) is 17.7 Å². The molecule has 6 heteroatoms. The fourth-order valence-corrected chi connectivity index (χ4v) is 4.01. The van der Waals surface area contributed by atoms with E-state index in [2.05, 4.69) is 17.0 Å². The zero-order chi connectivity index (χ0) is 18.5. The van der Waals surface area contributed by atoms with E-state index in [0.29, 0.717) is 4.90 Å². The van der Waals surface area contributed by atoms with E-state index in [9.17, 15) is 13.6 Å². The number of likely N-dealkylation sites (N-methyl/N-ethyl adjacent to an activating group) is 1. The van der Waals surface area contributed by atoms with Crippen molar-refractivity contribution in [3.8, 4) is 0 Å². The summed E-state index contributed by atoms with van der Waals surface area (Å²) in [7, 11) is 1.83. The number of para-hydroxylation sites is 1. The van der Waals surface area contributed by atoms with Crippen molar-refractivity contribution in [2.45, 2.75) is 23.8 Å². The first-order valence-corrected chi connectivity index (χ1v) is 9.66. The van der Waals surface area contributed by atoms with Gasteiger partial charge in [0.1, 0.15) is 0 Å². The van der Waals surface area contributed by atoms with E-state index in [1.54, 1.807) is 4.90 Å². The molecule has 3 rings (SSSR count). The Hall–Kier alpha value is -2.08. The smallest absolute Gasteiger partial charge is 0.232 e. The molecule has 2 aromatic rings. The maximum atomic E-state index is 13.3. The van der Waals surface area contributed by atoms with Crippen LogP contribution in [0, 0.1) is 11.6 Å². The fourth-order valence-electron chi connectivity index (χ4n) is 3.16. The first-order chi connectivity index (χ1) is 12.5. The van der Waals surface area contributed by atoms with Crippen LogP contribution in [0.1, 0.15) is 12.8 Å². The lowest BCUT2D eigenvalue weighted by Crippen LogP contribution is -2.49. The van der Waals surface area contributed by atoms with Crippen LogP contribution < -0.4 is 4.90 Å². The second-order valence-corrected chi connectivity index (χ2v) is 7.50. The van der Waals surface area contributed by atoms with Crippen LogP contribution in [-0.4, -0.2) is 42.7 Å². The van der Waals surface area contributed by atoms with Crippen LogP contribution in [0.25, 0.3) is 0 Å². The molecule has 0 aliphatic carbocycles. The van der Waals surface area contributed by atoms with Gasteiger partial charge < -0.3 is 9.80 Å². The summed E-state index contributed by atoms with van der Waals surface area (Å²) in [6.45, 7) is 1.80. The quantitative estimate of drug-likeness (QED) is 0.732. The van der Waals surface area contributed by atoms with Crippen molar-refractivity contribution in [1.82, 2.24) is 4.90 Å². The predicted molar refractivity (Wildman–Crippen MR) is 102 cm³/mol. The van der Waals surface area contributed by atoms with Crippen molar-refractivity contribution in [2.75, 3.05) is 30.8 Å². The lowest BCUT2D eigenvalue weighted by Gasteiger charge is -2.38. The predicted octanol–water partition coefficient (Wildman–Crippen LogP) is 4.18. The molecular weight excluding hydrogens is 354 g/mol. The topological polar surface area (TPSA) is 23.6 Å². The summed E-state index contributed by atoms with van der Waals surface area (Å²) in [6, 6.07) is 14.1. The first kappa shape index (κ1) is 18.7. The minimum absolute atomic E-state index is 0.000329. The normalized spacial score (nSPS) is 17.2. The van der Waals surface area contributed by atoms with E-state index in [1.165, 1.54) is 23.5 Å². The number of thioether (sulfide) groups is 1. The molecule has 1 aliphatic heterocycles. The summed E-state index contributed by atoms with van der Waals surface area (Å²) < 4.78 is 26.2. The van der Waals surface area contributed by atoms with Gasteiger partial charge in [0.15, 0.2) is 11.6 Å². The van der Waals surface area contributed by atoms with Crippen LogP contribution in [0.15, 0.2) is 53.4 Å². The Kier molecular flexibility index (Phi) is 6.14. The second kappa shape index (κ2) is 8.54. The van der Waals surface area contributed by atoms with Gasteiger partial charge in [-0.05, 0) is 43.2 Å². The maximum Gasteiger partial charge on any atom is 0.232 e. The maximum absolute atomic E-state index is 13.3. The van der Waals surface area contributed by atoms with Crippen molar-refractivity contribution in [2.24, 2.45) is 0 Å². The van der Waals surface area contributed by atoms with Gasteiger partial charge in [-0.2, -0.15) is 0 Å². The molecule has 26 heavy (non-hydrogen) atoms. The highest BCUT2D eigenvalue weighted by molar-refractivity contribution is 8.00. The molecule has 3 nitrogen and oxygen atoms in total. The molecule has 0 saturated carbocycles. The number of rotatable bonds is 5. The standard InChI is InChI=1S/C20H22F2N2OS/c1-23(20(25)14-26-17-9-10-18(21)19(22)12-17)16-8-5-11-24(13-16)15-6-3-2-4-7-15/h2-4,6-7,9-10,12,16H,5,8,11,13-14H2,1H3/t16-/m1/s1. The van der Waals surface area contributed by atoms with E-state index < -0.39 is 11.6 Å². The van der Waals surface area contributed by atoms with Gasteiger partial charge in [0, 0.05) is 36.8 Å². The number of amides is 1. The summed E-state index contributed by atoms with van der Waals surface area (Å²) >= 11 is 1.23. The summed E-state index contributed by atoms with van der Waals surface area (Å²) in [5.41, 5.74) is 1.18. The van der Waals surface area contributed by atoms with Crippen molar-refractivity contribution in [3.63, 3.8) is 0 Å². The molecule has 1 saturated heterocycles. The van der Waals surface area contributed by atoms with Crippen LogP contribution in [0.5, 0.6) is 0 Å². The summed E-state index contributed by atoms with van der Waals surface area (Å²) in [5.74, 6) is -1.55. The molecule has 0 unspecified atom stereocenters. The summed E-state index contributed by atoms with van der Waals surface area (Å²) in [5, 5.41) is 0. The largest absolute Gasteiger partial charge is 0.369 e. The highest BCUT2D eigenvalue weighted by Gasteiger charge is 2.26. The number of halogens is 2. The molecule has 1 aliphatic rings. The Bertz CT molecular complexity index is 757. The number of anilines is 1. The molecule has 0 radical (unpaired) electrons. The molecule has 1 heterocycles. The van der Waals surface area contributed by atoms with Crippen molar-refractivity contribution < 1.29 is 13.6 Å². The number of hydrogen-bond acceptors (Lipinski definition) is 3. The number of carbonyl (C=O) groups is 1. The lowest BCUT2D eigenvalue weighted by atomic mass is 10.0. The first-order valence-electron chi connectivity index (χ1n) is 8.68. The monoisotopic (exact) mass is 376 g/mol. The van der Waals surface area contributed by atoms with Crippen LogP contribution in [0.4, 0.5) is 14.5 Å². The molecular formula is C20H22F2N2OS. The molecule has 1 atom stereocenters. The molecule has 1 fully saturated rings. The Morgan fingerprint density at radius 1 is 1.19 bits per heavy atom. The summed E-state index contributed by atoms with van der Waals surface area (Å²) in [4.78, 5) is 17.2. The van der Waals surface area contributed by atoms with Crippen LogP contribution >= 0.6 is 11.8 Å². The van der Waals surface area contributed by atoms with Gasteiger partial charge >= 0.3 is 0 Å². The number of nitrogens with zero attached hydrogens (tertiary/aromatic N) is 2.